The number of hydrogen-bond donors (Lipinski definition) is 1. The minimum absolute atomic E-state index is 0.0278. The Hall–Kier alpha value is -2.38. The molecule has 0 bridgehead atoms. The number of benzene rings is 2. The Morgan fingerprint density at radius 3 is 2.83 bits per heavy atom. The molecular formula is C21H22ClN3O3S. The van der Waals surface area contributed by atoms with Gasteiger partial charge in [-0.2, -0.15) is 8.42 Å². The highest BCUT2D eigenvalue weighted by Gasteiger charge is 2.33. The minimum atomic E-state index is -3.88. The maximum absolute atomic E-state index is 12.8. The first-order valence-electron chi connectivity index (χ1n) is 9.74. The van der Waals surface area contributed by atoms with Crippen LogP contribution in [0.5, 0.6) is 0 Å². The topological polar surface area (TPSA) is 78.8 Å². The van der Waals surface area contributed by atoms with Crippen LogP contribution in [-0.2, 0) is 16.4 Å². The van der Waals surface area contributed by atoms with Gasteiger partial charge in [0.2, 0.25) is 0 Å². The molecule has 2 aromatic carbocycles. The Bertz CT molecular complexity index is 1110. The molecule has 1 saturated heterocycles. The van der Waals surface area contributed by atoms with Gasteiger partial charge in [-0.3, -0.25) is 4.79 Å². The number of amides is 1. The predicted octanol–water partition coefficient (Wildman–Crippen LogP) is 4.64. The number of rotatable bonds is 3. The van der Waals surface area contributed by atoms with Crippen LogP contribution >= 0.6 is 11.6 Å². The van der Waals surface area contributed by atoms with Crippen molar-refractivity contribution >= 4 is 44.7 Å². The maximum atomic E-state index is 12.8. The molecule has 0 unspecified atom stereocenters. The van der Waals surface area contributed by atoms with Crippen LogP contribution in [0, 0.1) is 0 Å². The number of halogens is 1. The van der Waals surface area contributed by atoms with E-state index in [1.165, 1.54) is 6.07 Å². The molecule has 2 aliphatic rings. The fraction of sp³-hybridized carbons (Fsp3) is 0.333. The van der Waals surface area contributed by atoms with Crippen molar-refractivity contribution in [2.75, 3.05) is 16.8 Å². The second-order valence-corrected chi connectivity index (χ2v) is 9.23. The highest BCUT2D eigenvalue weighted by atomic mass is 35.5. The number of aryl methyl sites for hydroxylation is 1. The lowest BCUT2D eigenvalue weighted by atomic mass is 10.1. The predicted molar refractivity (Wildman–Crippen MR) is 116 cm³/mol. The van der Waals surface area contributed by atoms with E-state index in [2.05, 4.69) is 9.71 Å². The summed E-state index contributed by atoms with van der Waals surface area (Å²) in [4.78, 5) is 14.8. The monoisotopic (exact) mass is 431 g/mol. The maximum Gasteiger partial charge on any atom is 0.286 e. The van der Waals surface area contributed by atoms with Crippen LogP contribution in [0.2, 0.25) is 5.02 Å². The van der Waals surface area contributed by atoms with Crippen LogP contribution < -0.4 is 10.2 Å². The zero-order valence-corrected chi connectivity index (χ0v) is 17.7. The smallest absolute Gasteiger partial charge is 0.286 e. The van der Waals surface area contributed by atoms with Crippen LogP contribution in [0.4, 0.5) is 11.4 Å². The number of nitrogens with one attached hydrogen (secondary N) is 1. The van der Waals surface area contributed by atoms with Crippen LogP contribution in [0.15, 0.2) is 45.7 Å². The van der Waals surface area contributed by atoms with Crippen LogP contribution in [0.1, 0.15) is 48.5 Å². The molecule has 1 fully saturated rings. The van der Waals surface area contributed by atoms with Crippen molar-refractivity contribution < 1.29 is 13.2 Å². The van der Waals surface area contributed by atoms with E-state index in [0.29, 0.717) is 30.2 Å². The Kier molecular flexibility index (Phi) is 5.36. The van der Waals surface area contributed by atoms with Gasteiger partial charge in [-0.15, -0.1) is 4.40 Å². The lowest BCUT2D eigenvalue weighted by Crippen LogP contribution is -2.35. The zero-order valence-electron chi connectivity index (χ0n) is 16.1. The number of sulfonamides is 1. The molecule has 1 amide bonds. The number of amidine groups is 1. The van der Waals surface area contributed by atoms with E-state index in [1.807, 2.05) is 30.0 Å². The molecular weight excluding hydrogens is 410 g/mol. The number of hydrogen-bond acceptors (Lipinski definition) is 4. The second-order valence-electron chi connectivity index (χ2n) is 7.25. The highest BCUT2D eigenvalue weighted by Crippen LogP contribution is 2.38. The van der Waals surface area contributed by atoms with Crippen molar-refractivity contribution in [3.63, 3.8) is 0 Å². The fourth-order valence-corrected chi connectivity index (χ4v) is 5.25. The summed E-state index contributed by atoms with van der Waals surface area (Å²) in [5.74, 6) is 0.103. The molecule has 8 heteroatoms. The fourth-order valence-electron chi connectivity index (χ4n) is 3.74. The molecule has 0 atom stereocenters. The summed E-state index contributed by atoms with van der Waals surface area (Å²) in [6.07, 6.45) is 4.34. The van der Waals surface area contributed by atoms with Crippen molar-refractivity contribution in [2.45, 2.75) is 43.9 Å². The summed E-state index contributed by atoms with van der Waals surface area (Å²) in [7, 11) is -3.88. The number of fused-ring (bicyclic) bond motifs is 3. The van der Waals surface area contributed by atoms with Crippen LogP contribution in [-0.4, -0.2) is 26.7 Å². The van der Waals surface area contributed by atoms with E-state index >= 15 is 0 Å². The number of nitrogens with zero attached hydrogens (tertiary/aromatic N) is 2. The number of carbonyl (C=O) groups is 1. The molecule has 29 heavy (non-hydrogen) atoms. The van der Waals surface area contributed by atoms with E-state index in [0.717, 1.165) is 31.2 Å². The molecule has 0 saturated carbocycles. The molecule has 1 N–H and O–H groups in total. The molecule has 0 spiro atoms. The molecule has 0 aromatic heterocycles. The molecule has 2 aromatic rings. The van der Waals surface area contributed by atoms with Gasteiger partial charge in [-0.1, -0.05) is 37.1 Å². The van der Waals surface area contributed by atoms with Crippen molar-refractivity contribution in [1.29, 1.82) is 0 Å². The van der Waals surface area contributed by atoms with E-state index in [-0.39, 0.29) is 15.5 Å². The van der Waals surface area contributed by atoms with Crippen molar-refractivity contribution in [2.24, 2.45) is 4.40 Å². The Balaban J connectivity index is 1.72. The number of anilines is 2. The van der Waals surface area contributed by atoms with Gasteiger partial charge in [0.15, 0.2) is 0 Å². The molecule has 6 nitrogen and oxygen atoms in total. The van der Waals surface area contributed by atoms with Gasteiger partial charge in [0.05, 0.1) is 16.3 Å². The Labute approximate surface area is 175 Å². The van der Waals surface area contributed by atoms with Gasteiger partial charge >= 0.3 is 0 Å². The Morgan fingerprint density at radius 1 is 1.21 bits per heavy atom. The largest absolute Gasteiger partial charge is 0.328 e. The first-order valence-corrected chi connectivity index (χ1v) is 11.6. The third-order valence-corrected chi connectivity index (χ3v) is 6.92. The third kappa shape index (κ3) is 3.89. The van der Waals surface area contributed by atoms with Crippen molar-refractivity contribution in [3.05, 3.63) is 52.5 Å². The Morgan fingerprint density at radius 2 is 2.03 bits per heavy atom. The van der Waals surface area contributed by atoms with Gasteiger partial charge in [0, 0.05) is 18.7 Å². The van der Waals surface area contributed by atoms with E-state index in [4.69, 9.17) is 11.6 Å². The molecule has 2 heterocycles. The van der Waals surface area contributed by atoms with Crippen molar-refractivity contribution in [1.82, 2.24) is 0 Å². The lowest BCUT2D eigenvalue weighted by molar-refractivity contribution is 0.102. The minimum Gasteiger partial charge on any atom is -0.328 e. The quantitative estimate of drug-likeness (QED) is 0.768. The molecule has 0 radical (unpaired) electrons. The lowest BCUT2D eigenvalue weighted by Gasteiger charge is -2.30. The number of carbonyl (C=O) groups excluding carboxylic acids is 1. The van der Waals surface area contributed by atoms with Gasteiger partial charge in [0.1, 0.15) is 10.7 Å². The summed E-state index contributed by atoms with van der Waals surface area (Å²) in [6.45, 7) is 2.72. The van der Waals surface area contributed by atoms with Gasteiger partial charge in [0.25, 0.3) is 15.9 Å². The standard InChI is InChI=1S/C21H22ClN3O3S/c1-2-14-7-6-8-15(11-14)23-21(26)16-12-19-18(13-17(16)22)25-10-5-3-4-9-20(25)24-29(19,27)28/h6-8,11-13H,2-5,9-10H2,1H3,(H,23,26). The summed E-state index contributed by atoms with van der Waals surface area (Å²) in [5.41, 5.74) is 2.35. The second kappa shape index (κ2) is 7.80. The zero-order chi connectivity index (χ0) is 20.6. The first-order chi connectivity index (χ1) is 13.9. The van der Waals surface area contributed by atoms with Crippen LogP contribution in [0.25, 0.3) is 0 Å². The summed E-state index contributed by atoms with van der Waals surface area (Å²) in [6, 6.07) is 10.4. The molecule has 4 rings (SSSR count). The van der Waals surface area contributed by atoms with Crippen LogP contribution in [0.3, 0.4) is 0 Å². The summed E-state index contributed by atoms with van der Waals surface area (Å²) >= 11 is 6.42. The van der Waals surface area contributed by atoms with Crippen molar-refractivity contribution in [3.8, 4) is 0 Å². The highest BCUT2D eigenvalue weighted by molar-refractivity contribution is 7.90. The average Bonchev–Trinajstić information content (AvgIpc) is 2.92. The van der Waals surface area contributed by atoms with E-state index < -0.39 is 15.9 Å². The van der Waals surface area contributed by atoms with Gasteiger partial charge < -0.3 is 10.2 Å². The van der Waals surface area contributed by atoms with Gasteiger partial charge in [-0.25, -0.2) is 0 Å². The SMILES string of the molecule is CCc1cccc(NC(=O)c2cc3c(cc2Cl)N2CCCCCC2=NS3(=O)=O)c1. The summed E-state index contributed by atoms with van der Waals surface area (Å²) < 4.78 is 29.6. The third-order valence-electron chi connectivity index (χ3n) is 5.27. The molecule has 0 aliphatic carbocycles. The first kappa shape index (κ1) is 19.9. The molecule has 2 aliphatic heterocycles. The average molecular weight is 432 g/mol. The molecule has 152 valence electrons. The van der Waals surface area contributed by atoms with Gasteiger partial charge in [-0.05, 0) is 49.1 Å². The van der Waals surface area contributed by atoms with E-state index in [9.17, 15) is 13.2 Å². The summed E-state index contributed by atoms with van der Waals surface area (Å²) in [5, 5.41) is 3.02. The normalized spacial score (nSPS) is 17.6. The van der Waals surface area contributed by atoms with E-state index in [1.54, 1.807) is 12.1 Å².